The van der Waals surface area contributed by atoms with Gasteiger partial charge in [-0.25, -0.2) is 9.59 Å². The quantitative estimate of drug-likeness (QED) is 0.326. The minimum atomic E-state index is -1.13. The second-order valence-corrected chi connectivity index (χ2v) is 8.28. The summed E-state index contributed by atoms with van der Waals surface area (Å²) in [6, 6.07) is 15.4. The average Bonchev–Trinajstić information content (AvgIpc) is 3.15. The average molecular weight is 463 g/mol. The summed E-state index contributed by atoms with van der Waals surface area (Å²) in [5.74, 6) is 0.827. The molecular weight excluding hydrogens is 432 g/mol. The van der Waals surface area contributed by atoms with Crippen molar-refractivity contribution in [1.82, 2.24) is 10.6 Å². The number of carboxylic acid groups (broad SMARTS) is 1. The van der Waals surface area contributed by atoms with Crippen LogP contribution in [0, 0.1) is 12.3 Å². The van der Waals surface area contributed by atoms with Crippen molar-refractivity contribution in [2.75, 3.05) is 13.2 Å². The first kappa shape index (κ1) is 24.8. The van der Waals surface area contributed by atoms with Crippen molar-refractivity contribution in [2.24, 2.45) is 0 Å². The number of alkyl carbamates (subject to hydrolysis) is 1. The van der Waals surface area contributed by atoms with E-state index in [2.05, 4.69) is 40.8 Å². The maximum absolute atomic E-state index is 12.2. The van der Waals surface area contributed by atoms with E-state index in [-0.39, 0.29) is 31.3 Å². The number of unbranched alkanes of at least 4 members (excludes halogenated alkanes) is 3. The van der Waals surface area contributed by atoms with Crippen molar-refractivity contribution < 1.29 is 24.2 Å². The van der Waals surface area contributed by atoms with Crippen molar-refractivity contribution in [3.63, 3.8) is 0 Å². The molecule has 0 radical (unpaired) electrons. The largest absolute Gasteiger partial charge is 0.480 e. The summed E-state index contributed by atoms with van der Waals surface area (Å²) in [5.41, 5.74) is 4.73. The lowest BCUT2D eigenvalue weighted by molar-refractivity contribution is -0.141. The number of benzene rings is 2. The summed E-state index contributed by atoms with van der Waals surface area (Å²) in [5, 5.41) is 14.2. The Labute approximate surface area is 199 Å². The number of carbonyl (C=O) groups is 3. The summed E-state index contributed by atoms with van der Waals surface area (Å²) >= 11 is 0. The second-order valence-electron chi connectivity index (χ2n) is 8.28. The number of terminal acetylenes is 1. The molecular formula is C27H30N2O5. The molecule has 178 valence electrons. The predicted octanol–water partition coefficient (Wildman–Crippen LogP) is 4.07. The first-order chi connectivity index (χ1) is 16.5. The molecule has 0 saturated carbocycles. The summed E-state index contributed by atoms with van der Waals surface area (Å²) in [4.78, 5) is 35.0. The fourth-order valence-electron chi connectivity index (χ4n) is 4.19. The highest BCUT2D eigenvalue weighted by molar-refractivity contribution is 5.83. The maximum Gasteiger partial charge on any atom is 0.407 e. The Bertz CT molecular complexity index is 1010. The van der Waals surface area contributed by atoms with Crippen molar-refractivity contribution >= 4 is 18.0 Å². The molecule has 0 saturated heterocycles. The van der Waals surface area contributed by atoms with Crippen LogP contribution in [0.2, 0.25) is 0 Å². The van der Waals surface area contributed by atoms with Gasteiger partial charge in [0.15, 0.2) is 0 Å². The topological polar surface area (TPSA) is 105 Å². The minimum absolute atomic E-state index is 0.0330. The van der Waals surface area contributed by atoms with Crippen LogP contribution >= 0.6 is 0 Å². The lowest BCUT2D eigenvalue weighted by Crippen LogP contribution is -2.40. The maximum atomic E-state index is 12.2. The van der Waals surface area contributed by atoms with E-state index in [4.69, 9.17) is 16.3 Å². The fraction of sp³-hybridized carbons (Fsp3) is 0.370. The van der Waals surface area contributed by atoms with E-state index < -0.39 is 18.1 Å². The lowest BCUT2D eigenvalue weighted by atomic mass is 9.98. The molecule has 0 bridgehead atoms. The number of aliphatic carboxylic acids is 1. The van der Waals surface area contributed by atoms with Gasteiger partial charge in [-0.1, -0.05) is 61.4 Å². The molecule has 1 unspecified atom stereocenters. The summed E-state index contributed by atoms with van der Waals surface area (Å²) in [6.45, 7) is 0.776. The second kappa shape index (κ2) is 12.4. The summed E-state index contributed by atoms with van der Waals surface area (Å²) in [6.07, 6.45) is 7.92. The van der Waals surface area contributed by atoms with Crippen molar-refractivity contribution in [2.45, 2.75) is 50.5 Å². The Morgan fingerprint density at radius 1 is 0.971 bits per heavy atom. The van der Waals surface area contributed by atoms with Gasteiger partial charge in [0.1, 0.15) is 12.6 Å². The number of carbonyl (C=O) groups excluding carboxylic acids is 2. The first-order valence-electron chi connectivity index (χ1n) is 11.6. The predicted molar refractivity (Wildman–Crippen MR) is 129 cm³/mol. The van der Waals surface area contributed by atoms with Crippen LogP contribution in [0.25, 0.3) is 11.1 Å². The van der Waals surface area contributed by atoms with Gasteiger partial charge in [-0.2, -0.15) is 0 Å². The van der Waals surface area contributed by atoms with Gasteiger partial charge in [0.2, 0.25) is 5.91 Å². The lowest BCUT2D eigenvalue weighted by Gasteiger charge is -2.14. The monoisotopic (exact) mass is 462 g/mol. The number of fused-ring (bicyclic) bond motifs is 3. The Morgan fingerprint density at radius 2 is 1.59 bits per heavy atom. The van der Waals surface area contributed by atoms with E-state index in [1.165, 1.54) is 22.3 Å². The number of nitrogens with one attached hydrogen (secondary N) is 2. The van der Waals surface area contributed by atoms with Gasteiger partial charge in [0.05, 0.1) is 0 Å². The normalized spacial score (nSPS) is 12.7. The number of carboxylic acids is 1. The summed E-state index contributed by atoms with van der Waals surface area (Å²) in [7, 11) is 0. The third-order valence-electron chi connectivity index (χ3n) is 5.90. The van der Waals surface area contributed by atoms with Crippen LogP contribution in [0.1, 0.15) is 55.6 Å². The molecule has 0 spiro atoms. The minimum Gasteiger partial charge on any atom is -0.480 e. The molecule has 7 heteroatoms. The van der Waals surface area contributed by atoms with E-state index >= 15 is 0 Å². The molecule has 1 atom stereocenters. The van der Waals surface area contributed by atoms with Crippen LogP contribution in [0.4, 0.5) is 4.79 Å². The molecule has 34 heavy (non-hydrogen) atoms. The molecule has 7 nitrogen and oxygen atoms in total. The number of hydrogen-bond donors (Lipinski definition) is 3. The zero-order valence-electron chi connectivity index (χ0n) is 19.1. The highest BCUT2D eigenvalue weighted by Crippen LogP contribution is 2.44. The third-order valence-corrected chi connectivity index (χ3v) is 5.90. The van der Waals surface area contributed by atoms with E-state index in [0.29, 0.717) is 13.0 Å². The SMILES string of the molecule is C#CCC(NC(=O)CCCCCCNC(=O)OCC1c2ccccc2-c2ccccc21)C(=O)O. The summed E-state index contributed by atoms with van der Waals surface area (Å²) < 4.78 is 5.51. The molecule has 1 aliphatic rings. The highest BCUT2D eigenvalue weighted by Gasteiger charge is 2.28. The smallest absolute Gasteiger partial charge is 0.407 e. The third kappa shape index (κ3) is 6.61. The molecule has 0 fully saturated rings. The molecule has 2 amide bonds. The Morgan fingerprint density at radius 3 is 2.21 bits per heavy atom. The Hall–Kier alpha value is -3.79. The number of amides is 2. The molecule has 0 aromatic heterocycles. The molecule has 3 rings (SSSR count). The Kier molecular flexibility index (Phi) is 9.10. The van der Waals surface area contributed by atoms with Crippen molar-refractivity contribution in [1.29, 1.82) is 0 Å². The van der Waals surface area contributed by atoms with Crippen molar-refractivity contribution in [3.05, 3.63) is 59.7 Å². The van der Waals surface area contributed by atoms with Crippen molar-refractivity contribution in [3.8, 4) is 23.5 Å². The van der Waals surface area contributed by atoms with Gasteiger partial charge in [0.25, 0.3) is 0 Å². The number of hydrogen-bond acceptors (Lipinski definition) is 4. The fourth-order valence-corrected chi connectivity index (χ4v) is 4.19. The molecule has 2 aromatic carbocycles. The van der Waals surface area contributed by atoms with E-state index in [0.717, 1.165) is 19.3 Å². The van der Waals surface area contributed by atoms with Crippen LogP contribution in [-0.2, 0) is 14.3 Å². The zero-order chi connectivity index (χ0) is 24.3. The van der Waals surface area contributed by atoms with Crippen LogP contribution in [0.15, 0.2) is 48.5 Å². The number of rotatable bonds is 12. The highest BCUT2D eigenvalue weighted by atomic mass is 16.5. The van der Waals surface area contributed by atoms with Gasteiger partial charge in [-0.05, 0) is 35.1 Å². The number of ether oxygens (including phenoxy) is 1. The van der Waals surface area contributed by atoms with Crippen LogP contribution < -0.4 is 10.6 Å². The van der Waals surface area contributed by atoms with E-state index in [9.17, 15) is 14.4 Å². The molecule has 3 N–H and O–H groups in total. The van der Waals surface area contributed by atoms with Gasteiger partial charge < -0.3 is 20.5 Å². The molecule has 0 aliphatic heterocycles. The van der Waals surface area contributed by atoms with Gasteiger partial charge in [-0.15, -0.1) is 12.3 Å². The zero-order valence-corrected chi connectivity index (χ0v) is 19.1. The first-order valence-corrected chi connectivity index (χ1v) is 11.6. The van der Waals surface area contributed by atoms with Crippen LogP contribution in [-0.4, -0.2) is 42.3 Å². The molecule has 0 heterocycles. The molecule has 2 aromatic rings. The van der Waals surface area contributed by atoms with Crippen LogP contribution in [0.5, 0.6) is 0 Å². The van der Waals surface area contributed by atoms with Gasteiger partial charge in [0, 0.05) is 25.3 Å². The van der Waals surface area contributed by atoms with Gasteiger partial charge in [-0.3, -0.25) is 4.79 Å². The molecule has 1 aliphatic carbocycles. The van der Waals surface area contributed by atoms with Gasteiger partial charge >= 0.3 is 12.1 Å². The standard InChI is InChI=1S/C27H30N2O5/c1-2-11-24(26(31)32)29-25(30)16-5-3-4-10-17-28-27(33)34-18-23-21-14-8-6-12-19(21)20-13-7-9-15-22(20)23/h1,6-9,12-15,23-24H,3-5,10-11,16-18H2,(H,28,33)(H,29,30)(H,31,32). The van der Waals surface area contributed by atoms with E-state index in [1.807, 2.05) is 24.3 Å². The van der Waals surface area contributed by atoms with E-state index in [1.54, 1.807) is 0 Å². The Balaban J connectivity index is 1.30. The van der Waals surface area contributed by atoms with Crippen LogP contribution in [0.3, 0.4) is 0 Å².